The summed E-state index contributed by atoms with van der Waals surface area (Å²) in [7, 11) is 2.11. The van der Waals surface area contributed by atoms with Crippen molar-refractivity contribution in [2.45, 2.75) is 51.2 Å². The second kappa shape index (κ2) is 7.56. The summed E-state index contributed by atoms with van der Waals surface area (Å²) >= 11 is 0. The Morgan fingerprint density at radius 3 is 2.52 bits per heavy atom. The van der Waals surface area contributed by atoms with Crippen molar-refractivity contribution < 1.29 is 9.53 Å². The van der Waals surface area contributed by atoms with Crippen LogP contribution in [0.2, 0.25) is 0 Å². The topological polar surface area (TPSA) is 44.8 Å². The Hall–Kier alpha value is -0.650. The molecule has 21 heavy (non-hydrogen) atoms. The summed E-state index contributed by atoms with van der Waals surface area (Å²) in [5.41, 5.74) is 0.0206. The highest BCUT2D eigenvalue weighted by Crippen LogP contribution is 2.31. The van der Waals surface area contributed by atoms with Gasteiger partial charge in [-0.2, -0.15) is 0 Å². The second-order valence-electron chi connectivity index (χ2n) is 6.49. The number of hydrogen-bond acceptors (Lipinski definition) is 4. The number of likely N-dealkylation sites (N-methyl/N-ethyl adjacent to an activating group) is 1. The zero-order valence-electron chi connectivity index (χ0n) is 13.9. The van der Waals surface area contributed by atoms with Crippen LogP contribution in [0.3, 0.4) is 0 Å². The molecule has 1 amide bonds. The molecule has 0 aromatic rings. The van der Waals surface area contributed by atoms with Gasteiger partial charge in [0.05, 0.1) is 12.1 Å². The van der Waals surface area contributed by atoms with E-state index in [2.05, 4.69) is 31.1 Å². The van der Waals surface area contributed by atoms with Gasteiger partial charge in [-0.25, -0.2) is 0 Å². The van der Waals surface area contributed by atoms with Gasteiger partial charge in [0, 0.05) is 38.8 Å². The first-order valence-corrected chi connectivity index (χ1v) is 8.42. The molecule has 2 heterocycles. The molecule has 0 aliphatic carbocycles. The Balaban J connectivity index is 1.76. The molecule has 0 aromatic carbocycles. The zero-order chi connectivity index (χ0) is 15.3. The van der Waals surface area contributed by atoms with Crippen LogP contribution in [0.1, 0.15) is 39.5 Å². The van der Waals surface area contributed by atoms with Crippen LogP contribution in [-0.2, 0) is 9.53 Å². The van der Waals surface area contributed by atoms with Gasteiger partial charge in [-0.3, -0.25) is 4.79 Å². The summed E-state index contributed by atoms with van der Waals surface area (Å²) in [6.07, 6.45) is 4.13. The maximum atomic E-state index is 12.3. The van der Waals surface area contributed by atoms with Crippen LogP contribution in [0.5, 0.6) is 0 Å². The molecule has 0 saturated carbocycles. The predicted molar refractivity (Wildman–Crippen MR) is 84.4 cm³/mol. The summed E-state index contributed by atoms with van der Waals surface area (Å²) in [6, 6.07) is 0.412. The van der Waals surface area contributed by atoms with E-state index in [1.807, 2.05) is 4.90 Å². The fraction of sp³-hybridized carbons (Fsp3) is 0.938. The molecule has 0 aromatic heterocycles. The molecule has 1 N–H and O–H groups in total. The van der Waals surface area contributed by atoms with Crippen molar-refractivity contribution in [2.24, 2.45) is 0 Å². The lowest BCUT2D eigenvalue weighted by Gasteiger charge is -2.40. The Labute approximate surface area is 129 Å². The van der Waals surface area contributed by atoms with E-state index in [1.54, 1.807) is 0 Å². The summed E-state index contributed by atoms with van der Waals surface area (Å²) in [6.45, 7) is 9.36. The lowest BCUT2D eigenvalue weighted by Crippen LogP contribution is -2.52. The molecule has 1 atom stereocenters. The Bertz CT molecular complexity index is 336. The van der Waals surface area contributed by atoms with Crippen LogP contribution >= 0.6 is 0 Å². The van der Waals surface area contributed by atoms with Crippen LogP contribution in [0, 0.1) is 0 Å². The fourth-order valence-corrected chi connectivity index (χ4v) is 3.34. The van der Waals surface area contributed by atoms with Crippen LogP contribution in [-0.4, -0.2) is 73.7 Å². The van der Waals surface area contributed by atoms with Crippen LogP contribution in [0.25, 0.3) is 0 Å². The van der Waals surface area contributed by atoms with Gasteiger partial charge in [-0.15, -0.1) is 0 Å². The number of piperazine rings is 1. The van der Waals surface area contributed by atoms with Crippen molar-refractivity contribution in [3.8, 4) is 0 Å². The van der Waals surface area contributed by atoms with E-state index in [-0.39, 0.29) is 11.5 Å². The van der Waals surface area contributed by atoms with Crippen LogP contribution in [0.4, 0.5) is 0 Å². The molecule has 0 bridgehead atoms. The Morgan fingerprint density at radius 2 is 1.90 bits per heavy atom. The van der Waals surface area contributed by atoms with Crippen LogP contribution in [0.15, 0.2) is 0 Å². The molecular formula is C16H31N3O2. The van der Waals surface area contributed by atoms with Gasteiger partial charge in [-0.1, -0.05) is 13.8 Å². The zero-order valence-corrected chi connectivity index (χ0v) is 13.9. The number of carbonyl (C=O) groups excluding carboxylic acids is 1. The molecule has 2 rings (SSSR count). The lowest BCUT2D eigenvalue weighted by atomic mass is 9.86. The minimum Gasteiger partial charge on any atom is -0.375 e. The van der Waals surface area contributed by atoms with Gasteiger partial charge < -0.3 is 19.9 Å². The third-order valence-electron chi connectivity index (χ3n) is 5.18. The summed E-state index contributed by atoms with van der Waals surface area (Å²) in [5.74, 6) is 0.244. The first-order valence-electron chi connectivity index (χ1n) is 8.42. The Kier molecular flexibility index (Phi) is 6.02. The number of nitrogens with one attached hydrogen (secondary N) is 1. The third-order valence-corrected chi connectivity index (χ3v) is 5.18. The van der Waals surface area contributed by atoms with E-state index < -0.39 is 0 Å². The molecule has 5 nitrogen and oxygen atoms in total. The molecule has 2 aliphatic rings. The molecule has 1 unspecified atom stereocenters. The van der Waals surface area contributed by atoms with Gasteiger partial charge in [0.1, 0.15) is 0 Å². The number of carbonyl (C=O) groups is 1. The minimum absolute atomic E-state index is 0.0206. The molecule has 2 saturated heterocycles. The number of rotatable bonds is 5. The molecule has 5 heteroatoms. The van der Waals surface area contributed by atoms with E-state index in [0.717, 1.165) is 58.5 Å². The standard InChI is InChI=1S/C16H31N3O2/c1-4-16(5-2)12-14(6-11-21-16)17-13-15(20)19-9-7-18(3)8-10-19/h14,17H,4-13H2,1-3H3. The molecule has 2 aliphatic heterocycles. The van der Waals surface area contributed by atoms with Gasteiger partial charge in [0.15, 0.2) is 0 Å². The summed E-state index contributed by atoms with van der Waals surface area (Å²) in [4.78, 5) is 16.5. The molecule has 0 radical (unpaired) electrons. The smallest absolute Gasteiger partial charge is 0.236 e. The number of ether oxygens (including phenoxy) is 1. The van der Waals surface area contributed by atoms with E-state index in [4.69, 9.17) is 4.74 Å². The van der Waals surface area contributed by atoms with Crippen molar-refractivity contribution in [3.05, 3.63) is 0 Å². The van der Waals surface area contributed by atoms with Crippen molar-refractivity contribution in [1.82, 2.24) is 15.1 Å². The maximum Gasteiger partial charge on any atom is 0.236 e. The van der Waals surface area contributed by atoms with E-state index in [9.17, 15) is 4.79 Å². The quantitative estimate of drug-likeness (QED) is 0.825. The molecule has 122 valence electrons. The average Bonchev–Trinajstić information content (AvgIpc) is 2.53. The number of nitrogens with zero attached hydrogens (tertiary/aromatic N) is 2. The monoisotopic (exact) mass is 297 g/mol. The van der Waals surface area contributed by atoms with E-state index in [1.165, 1.54) is 0 Å². The van der Waals surface area contributed by atoms with Crippen molar-refractivity contribution in [2.75, 3.05) is 46.4 Å². The van der Waals surface area contributed by atoms with Crippen molar-refractivity contribution >= 4 is 5.91 Å². The SMILES string of the molecule is CCC1(CC)CC(NCC(=O)N2CCN(C)CC2)CCO1. The summed E-state index contributed by atoms with van der Waals surface area (Å²) < 4.78 is 5.99. The third kappa shape index (κ3) is 4.41. The largest absolute Gasteiger partial charge is 0.375 e. The number of hydrogen-bond donors (Lipinski definition) is 1. The highest BCUT2D eigenvalue weighted by Gasteiger charge is 2.34. The molecule has 2 fully saturated rings. The normalized spacial score (nSPS) is 26.8. The summed E-state index contributed by atoms with van der Waals surface area (Å²) in [5, 5.41) is 3.47. The lowest BCUT2D eigenvalue weighted by molar-refractivity contribution is -0.132. The first-order chi connectivity index (χ1) is 10.1. The highest BCUT2D eigenvalue weighted by atomic mass is 16.5. The maximum absolute atomic E-state index is 12.3. The average molecular weight is 297 g/mol. The van der Waals surface area contributed by atoms with Gasteiger partial charge in [-0.05, 0) is 32.7 Å². The van der Waals surface area contributed by atoms with Crippen LogP contribution < -0.4 is 5.32 Å². The van der Waals surface area contributed by atoms with Gasteiger partial charge >= 0.3 is 0 Å². The second-order valence-corrected chi connectivity index (χ2v) is 6.49. The van der Waals surface area contributed by atoms with Gasteiger partial charge in [0.2, 0.25) is 5.91 Å². The van der Waals surface area contributed by atoms with Crippen molar-refractivity contribution in [1.29, 1.82) is 0 Å². The molecule has 0 spiro atoms. The predicted octanol–water partition coefficient (Wildman–Crippen LogP) is 1.09. The van der Waals surface area contributed by atoms with Crippen molar-refractivity contribution in [3.63, 3.8) is 0 Å². The minimum atomic E-state index is 0.0206. The molecular weight excluding hydrogens is 266 g/mol. The fourth-order valence-electron chi connectivity index (χ4n) is 3.34. The highest BCUT2D eigenvalue weighted by molar-refractivity contribution is 5.78. The van der Waals surface area contributed by atoms with E-state index >= 15 is 0 Å². The first kappa shape index (κ1) is 16.7. The van der Waals surface area contributed by atoms with Gasteiger partial charge in [0.25, 0.3) is 0 Å². The Morgan fingerprint density at radius 1 is 1.24 bits per heavy atom. The van der Waals surface area contributed by atoms with E-state index in [0.29, 0.717) is 12.6 Å². The number of amides is 1.